The van der Waals surface area contributed by atoms with Gasteiger partial charge in [0.1, 0.15) is 17.6 Å². The maximum Gasteiger partial charge on any atom is 0.416 e. The fourth-order valence-electron chi connectivity index (χ4n) is 4.34. The van der Waals surface area contributed by atoms with Gasteiger partial charge in [-0.05, 0) is 54.8 Å². The zero-order valence-corrected chi connectivity index (χ0v) is 20.1. The summed E-state index contributed by atoms with van der Waals surface area (Å²) in [6.45, 7) is 0.682. The quantitative estimate of drug-likeness (QED) is 0.306. The first-order chi connectivity index (χ1) is 17.2. The van der Waals surface area contributed by atoms with Gasteiger partial charge >= 0.3 is 6.18 Å². The van der Waals surface area contributed by atoms with Crippen molar-refractivity contribution < 1.29 is 31.9 Å². The molecule has 3 rings (SSSR count). The summed E-state index contributed by atoms with van der Waals surface area (Å²) in [7, 11) is 1.57. The second kappa shape index (κ2) is 12.6. The first-order valence-electron chi connectivity index (χ1n) is 12.0. The predicted molar refractivity (Wildman–Crippen MR) is 128 cm³/mol. The van der Waals surface area contributed by atoms with Crippen LogP contribution in [0.4, 0.5) is 23.2 Å². The molecule has 0 radical (unpaired) electrons. The number of alkyl halides is 3. The number of rotatable bonds is 10. The smallest absolute Gasteiger partial charge is 0.416 e. The average Bonchev–Trinajstić information content (AvgIpc) is 2.86. The number of hydrogen-bond donors (Lipinski definition) is 3. The fourth-order valence-corrected chi connectivity index (χ4v) is 4.34. The number of carbonyl (C=O) groups excluding carboxylic acids is 2. The van der Waals surface area contributed by atoms with E-state index in [1.807, 2.05) is 12.1 Å². The van der Waals surface area contributed by atoms with E-state index in [0.29, 0.717) is 25.1 Å². The van der Waals surface area contributed by atoms with Gasteiger partial charge in [0.05, 0.1) is 12.7 Å². The number of carbonyl (C=O) groups is 2. The summed E-state index contributed by atoms with van der Waals surface area (Å²) in [5.74, 6) is -1.60. The van der Waals surface area contributed by atoms with Gasteiger partial charge in [0.25, 0.3) is 5.91 Å². The summed E-state index contributed by atoms with van der Waals surface area (Å²) >= 11 is 0. The van der Waals surface area contributed by atoms with Gasteiger partial charge < -0.3 is 20.7 Å². The van der Waals surface area contributed by atoms with Crippen LogP contribution in [-0.4, -0.2) is 38.1 Å². The summed E-state index contributed by atoms with van der Waals surface area (Å²) in [5, 5.41) is 8.47. The largest absolute Gasteiger partial charge is 0.497 e. The van der Waals surface area contributed by atoms with Crippen molar-refractivity contribution in [3.8, 4) is 5.75 Å². The molecule has 36 heavy (non-hydrogen) atoms. The van der Waals surface area contributed by atoms with Crippen LogP contribution in [0.3, 0.4) is 0 Å². The Morgan fingerprint density at radius 3 is 2.36 bits per heavy atom. The van der Waals surface area contributed by atoms with Gasteiger partial charge in [0, 0.05) is 24.3 Å². The van der Waals surface area contributed by atoms with Crippen molar-refractivity contribution >= 4 is 17.5 Å². The van der Waals surface area contributed by atoms with Crippen LogP contribution >= 0.6 is 0 Å². The molecule has 1 aliphatic rings. The summed E-state index contributed by atoms with van der Waals surface area (Å²) < 4.78 is 58.1. The minimum Gasteiger partial charge on any atom is -0.497 e. The molecule has 0 saturated heterocycles. The monoisotopic (exact) mass is 509 g/mol. The third kappa shape index (κ3) is 8.13. The lowest BCUT2D eigenvalue weighted by molar-refractivity contribution is -0.137. The molecule has 2 amide bonds. The third-order valence-corrected chi connectivity index (χ3v) is 6.25. The molecule has 0 aromatic heterocycles. The summed E-state index contributed by atoms with van der Waals surface area (Å²) in [6, 6.07) is 7.98. The number of nitrogens with one attached hydrogen (secondary N) is 3. The molecular formula is C26H31F4N3O3. The summed E-state index contributed by atoms with van der Waals surface area (Å²) in [4.78, 5) is 25.7. The molecule has 196 valence electrons. The van der Waals surface area contributed by atoms with E-state index >= 15 is 0 Å². The van der Waals surface area contributed by atoms with E-state index in [9.17, 15) is 27.2 Å². The summed E-state index contributed by atoms with van der Waals surface area (Å²) in [6.07, 6.45) is 0.556. The molecule has 1 aliphatic carbocycles. The molecule has 1 atom stereocenters. The Bertz CT molecular complexity index is 1020. The molecule has 1 saturated carbocycles. The second-order valence-electron chi connectivity index (χ2n) is 8.94. The van der Waals surface area contributed by atoms with E-state index in [-0.39, 0.29) is 12.5 Å². The van der Waals surface area contributed by atoms with Gasteiger partial charge in [-0.2, -0.15) is 13.2 Å². The molecular weight excluding hydrogens is 478 g/mol. The van der Waals surface area contributed by atoms with Gasteiger partial charge in [0.15, 0.2) is 0 Å². The third-order valence-electron chi connectivity index (χ3n) is 6.25. The van der Waals surface area contributed by atoms with Crippen LogP contribution in [0, 0.1) is 11.7 Å². The van der Waals surface area contributed by atoms with Gasteiger partial charge in [-0.15, -0.1) is 0 Å². The molecule has 0 bridgehead atoms. The molecule has 2 aromatic rings. The normalized spacial score (nSPS) is 15.1. The Morgan fingerprint density at radius 2 is 1.72 bits per heavy atom. The maximum atomic E-state index is 13.8. The van der Waals surface area contributed by atoms with E-state index in [2.05, 4.69) is 16.0 Å². The first-order valence-corrected chi connectivity index (χ1v) is 12.0. The Morgan fingerprint density at radius 1 is 1.03 bits per heavy atom. The van der Waals surface area contributed by atoms with Crippen molar-refractivity contribution in [2.24, 2.45) is 5.92 Å². The van der Waals surface area contributed by atoms with Crippen LogP contribution in [-0.2, 0) is 11.0 Å². The van der Waals surface area contributed by atoms with Crippen LogP contribution in [0.15, 0.2) is 42.5 Å². The zero-order valence-electron chi connectivity index (χ0n) is 20.1. The highest BCUT2D eigenvalue weighted by Crippen LogP contribution is 2.31. The highest BCUT2D eigenvalue weighted by Gasteiger charge is 2.33. The number of benzene rings is 2. The zero-order chi connectivity index (χ0) is 26.1. The number of anilines is 1. The van der Waals surface area contributed by atoms with Crippen LogP contribution in [0.1, 0.15) is 54.4 Å². The Labute approximate surface area is 207 Å². The molecule has 2 aromatic carbocycles. The lowest BCUT2D eigenvalue weighted by Crippen LogP contribution is -2.48. The Hall–Kier alpha value is -3.30. The molecule has 6 nitrogen and oxygen atoms in total. The molecule has 10 heteroatoms. The molecule has 0 aliphatic heterocycles. The lowest BCUT2D eigenvalue weighted by atomic mass is 9.84. The number of hydrogen-bond acceptors (Lipinski definition) is 4. The van der Waals surface area contributed by atoms with E-state index in [4.69, 9.17) is 4.74 Å². The SMILES string of the molecule is COc1ccc(NCCNC(=O)C(CC2CCCCC2)NC(=O)c2cc(F)cc(C(F)(F)F)c2)cc1. The highest BCUT2D eigenvalue weighted by atomic mass is 19.4. The van der Waals surface area contributed by atoms with Crippen molar-refractivity contribution in [1.82, 2.24) is 10.6 Å². The van der Waals surface area contributed by atoms with Crippen molar-refractivity contribution in [2.45, 2.75) is 50.7 Å². The van der Waals surface area contributed by atoms with Crippen LogP contribution in [0.25, 0.3) is 0 Å². The highest BCUT2D eigenvalue weighted by molar-refractivity contribution is 5.97. The van der Waals surface area contributed by atoms with E-state index in [1.54, 1.807) is 19.2 Å². The minimum absolute atomic E-state index is 0.213. The van der Waals surface area contributed by atoms with Crippen LogP contribution in [0.2, 0.25) is 0 Å². The Kier molecular flexibility index (Phi) is 9.55. The van der Waals surface area contributed by atoms with Crippen molar-refractivity contribution in [2.75, 3.05) is 25.5 Å². The van der Waals surface area contributed by atoms with Gasteiger partial charge in [-0.1, -0.05) is 32.1 Å². The number of methoxy groups -OCH3 is 1. The second-order valence-corrected chi connectivity index (χ2v) is 8.94. The van der Waals surface area contributed by atoms with Crippen molar-refractivity contribution in [3.05, 3.63) is 59.4 Å². The predicted octanol–water partition coefficient (Wildman–Crippen LogP) is 5.15. The number of halogens is 4. The van der Waals surface area contributed by atoms with E-state index in [0.717, 1.165) is 49.6 Å². The molecule has 1 fully saturated rings. The topological polar surface area (TPSA) is 79.5 Å². The first kappa shape index (κ1) is 27.3. The maximum absolute atomic E-state index is 13.8. The average molecular weight is 510 g/mol. The van der Waals surface area contributed by atoms with Gasteiger partial charge in [-0.25, -0.2) is 4.39 Å². The molecule has 0 spiro atoms. The van der Waals surface area contributed by atoms with Gasteiger partial charge in [0.2, 0.25) is 5.91 Å². The molecule has 1 unspecified atom stereocenters. The molecule has 3 N–H and O–H groups in total. The number of ether oxygens (including phenoxy) is 1. The van der Waals surface area contributed by atoms with Gasteiger partial charge in [-0.3, -0.25) is 9.59 Å². The van der Waals surface area contributed by atoms with E-state index in [1.165, 1.54) is 0 Å². The number of amides is 2. The standard InChI is InChI=1S/C26H31F4N3O3/c1-36-22-9-7-21(8-10-22)31-11-12-32-25(35)23(13-17-5-3-2-4-6-17)33-24(34)18-14-19(26(28,29)30)16-20(27)15-18/h7-10,14-17,23,31H,2-6,11-13H2,1H3,(H,32,35)(H,33,34). The minimum atomic E-state index is -4.80. The van der Waals surface area contributed by atoms with Crippen molar-refractivity contribution in [1.29, 1.82) is 0 Å². The Balaban J connectivity index is 1.63. The van der Waals surface area contributed by atoms with Crippen LogP contribution in [0.5, 0.6) is 5.75 Å². The van der Waals surface area contributed by atoms with Crippen molar-refractivity contribution in [3.63, 3.8) is 0 Å². The van der Waals surface area contributed by atoms with E-state index < -0.39 is 41.0 Å². The summed E-state index contributed by atoms with van der Waals surface area (Å²) in [5.41, 5.74) is -0.904. The fraction of sp³-hybridized carbons (Fsp3) is 0.462. The van der Waals surface area contributed by atoms with Crippen LogP contribution < -0.4 is 20.7 Å². The lowest BCUT2D eigenvalue weighted by Gasteiger charge is -2.27. The molecule has 0 heterocycles.